The van der Waals surface area contributed by atoms with Crippen molar-refractivity contribution in [2.75, 3.05) is 31.2 Å². The molecule has 3 N–H and O–H groups in total. The van der Waals surface area contributed by atoms with Crippen LogP contribution in [0.1, 0.15) is 44.2 Å². The van der Waals surface area contributed by atoms with Crippen LogP contribution in [0.25, 0.3) is 0 Å². The van der Waals surface area contributed by atoms with Crippen LogP contribution in [0, 0.1) is 5.41 Å². The van der Waals surface area contributed by atoms with Crippen molar-refractivity contribution in [1.82, 2.24) is 5.32 Å². The molecular formula is C19H28ClN3O3. The molecule has 0 bridgehead atoms. The molecule has 0 radical (unpaired) electrons. The van der Waals surface area contributed by atoms with Crippen molar-refractivity contribution in [1.29, 1.82) is 0 Å². The van der Waals surface area contributed by atoms with E-state index in [-0.39, 0.29) is 30.3 Å². The number of nitrogens with one attached hydrogen (secondary N) is 1. The molecule has 144 valence electrons. The standard InChI is InChI=1S/C19H27N3O3.ClH/c1-14(21-18(24)19(13-20)8-11-25-12-9-19)15-4-6-16(7-5-15)22-10-2-3-17(22)23;/h4-7,14H,2-3,8-13,20H2,1H3,(H,21,24);1H. The van der Waals surface area contributed by atoms with Crippen LogP contribution in [-0.4, -0.2) is 38.1 Å². The van der Waals surface area contributed by atoms with Crippen molar-refractivity contribution in [3.63, 3.8) is 0 Å². The van der Waals surface area contributed by atoms with Gasteiger partial charge in [0.2, 0.25) is 11.8 Å². The van der Waals surface area contributed by atoms with Crippen LogP contribution in [0.15, 0.2) is 24.3 Å². The van der Waals surface area contributed by atoms with E-state index in [0.29, 0.717) is 39.0 Å². The number of hydrogen-bond donors (Lipinski definition) is 2. The highest BCUT2D eigenvalue weighted by atomic mass is 35.5. The zero-order valence-electron chi connectivity index (χ0n) is 15.2. The Morgan fingerprint density at radius 2 is 1.96 bits per heavy atom. The second-order valence-electron chi connectivity index (χ2n) is 7.03. The molecule has 2 aliphatic rings. The van der Waals surface area contributed by atoms with E-state index in [9.17, 15) is 9.59 Å². The zero-order valence-corrected chi connectivity index (χ0v) is 16.0. The van der Waals surface area contributed by atoms with E-state index in [0.717, 1.165) is 24.2 Å². The van der Waals surface area contributed by atoms with Crippen molar-refractivity contribution in [3.05, 3.63) is 29.8 Å². The second-order valence-corrected chi connectivity index (χ2v) is 7.03. The third-order valence-electron chi connectivity index (χ3n) is 5.45. The SMILES string of the molecule is CC(NC(=O)C1(CN)CCOCC1)c1ccc(N2CCCC2=O)cc1.Cl. The Bertz CT molecular complexity index is 629. The highest BCUT2D eigenvalue weighted by molar-refractivity contribution is 5.95. The maximum absolute atomic E-state index is 12.8. The van der Waals surface area contributed by atoms with Crippen molar-refractivity contribution < 1.29 is 14.3 Å². The van der Waals surface area contributed by atoms with Gasteiger partial charge in [-0.25, -0.2) is 0 Å². The Morgan fingerprint density at radius 3 is 2.50 bits per heavy atom. The number of nitrogens with two attached hydrogens (primary N) is 1. The van der Waals surface area contributed by atoms with Crippen molar-refractivity contribution in [2.45, 2.75) is 38.6 Å². The lowest BCUT2D eigenvalue weighted by atomic mass is 9.79. The fourth-order valence-electron chi connectivity index (χ4n) is 3.58. The van der Waals surface area contributed by atoms with E-state index in [2.05, 4.69) is 5.32 Å². The minimum Gasteiger partial charge on any atom is -0.381 e. The number of carbonyl (C=O) groups excluding carboxylic acids is 2. The molecule has 0 saturated carbocycles. The third kappa shape index (κ3) is 4.19. The third-order valence-corrected chi connectivity index (χ3v) is 5.45. The lowest BCUT2D eigenvalue weighted by Crippen LogP contribution is -2.49. The first-order chi connectivity index (χ1) is 12.1. The van der Waals surface area contributed by atoms with Crippen LogP contribution in [0.5, 0.6) is 0 Å². The summed E-state index contributed by atoms with van der Waals surface area (Å²) in [5.41, 5.74) is 7.32. The van der Waals surface area contributed by atoms with Gasteiger partial charge < -0.3 is 20.7 Å². The average molecular weight is 382 g/mol. The number of amides is 2. The molecule has 6 nitrogen and oxygen atoms in total. The number of ether oxygens (including phenoxy) is 1. The van der Waals surface area contributed by atoms with Crippen molar-refractivity contribution in [3.8, 4) is 0 Å². The van der Waals surface area contributed by atoms with Gasteiger partial charge in [0.15, 0.2) is 0 Å². The molecule has 2 aliphatic heterocycles. The summed E-state index contributed by atoms with van der Waals surface area (Å²) in [6, 6.07) is 7.75. The van der Waals surface area contributed by atoms with Gasteiger partial charge in [-0.15, -0.1) is 12.4 Å². The summed E-state index contributed by atoms with van der Waals surface area (Å²) in [5, 5.41) is 3.10. The van der Waals surface area contributed by atoms with Crippen LogP contribution in [0.4, 0.5) is 5.69 Å². The van der Waals surface area contributed by atoms with Gasteiger partial charge in [0.05, 0.1) is 11.5 Å². The molecule has 1 atom stereocenters. The van der Waals surface area contributed by atoms with E-state index in [1.54, 1.807) is 0 Å². The lowest BCUT2D eigenvalue weighted by molar-refractivity contribution is -0.136. The molecule has 1 aromatic rings. The van der Waals surface area contributed by atoms with E-state index < -0.39 is 5.41 Å². The van der Waals surface area contributed by atoms with Crippen molar-refractivity contribution in [2.24, 2.45) is 11.1 Å². The Kier molecular flexibility index (Phi) is 7.03. The highest BCUT2D eigenvalue weighted by Crippen LogP contribution is 2.31. The Balaban J connectivity index is 0.00000243. The van der Waals surface area contributed by atoms with Gasteiger partial charge in [-0.2, -0.15) is 0 Å². The summed E-state index contributed by atoms with van der Waals surface area (Å²) in [7, 11) is 0. The summed E-state index contributed by atoms with van der Waals surface area (Å²) in [6.45, 7) is 4.25. The number of halogens is 1. The first-order valence-corrected chi connectivity index (χ1v) is 9.05. The van der Waals surface area contributed by atoms with Gasteiger partial charge in [0, 0.05) is 38.4 Å². The smallest absolute Gasteiger partial charge is 0.228 e. The number of benzene rings is 1. The van der Waals surface area contributed by atoms with Gasteiger partial charge in [-0.05, 0) is 43.9 Å². The number of anilines is 1. The van der Waals surface area contributed by atoms with Crippen LogP contribution < -0.4 is 16.0 Å². The topological polar surface area (TPSA) is 84.7 Å². The monoisotopic (exact) mass is 381 g/mol. The van der Waals surface area contributed by atoms with Gasteiger partial charge >= 0.3 is 0 Å². The zero-order chi connectivity index (χ0) is 17.9. The van der Waals surface area contributed by atoms with Gasteiger partial charge in [-0.1, -0.05) is 12.1 Å². The average Bonchev–Trinajstić information content (AvgIpc) is 3.08. The fraction of sp³-hybridized carbons (Fsp3) is 0.579. The van der Waals surface area contributed by atoms with Crippen LogP contribution >= 0.6 is 12.4 Å². The highest BCUT2D eigenvalue weighted by Gasteiger charge is 2.39. The number of nitrogens with zero attached hydrogens (tertiary/aromatic N) is 1. The van der Waals surface area contributed by atoms with E-state index in [1.165, 1.54) is 0 Å². The Labute approximate surface area is 160 Å². The molecule has 2 saturated heterocycles. The molecule has 2 heterocycles. The molecular weight excluding hydrogens is 354 g/mol. The van der Waals surface area contributed by atoms with E-state index in [1.807, 2.05) is 36.1 Å². The molecule has 0 aromatic heterocycles. The van der Waals surface area contributed by atoms with Gasteiger partial charge in [-0.3, -0.25) is 9.59 Å². The number of rotatable bonds is 5. The molecule has 2 amide bonds. The Morgan fingerprint density at radius 1 is 1.31 bits per heavy atom. The molecule has 3 rings (SSSR count). The molecule has 7 heteroatoms. The van der Waals surface area contributed by atoms with Gasteiger partial charge in [0.25, 0.3) is 0 Å². The molecule has 0 spiro atoms. The summed E-state index contributed by atoms with van der Waals surface area (Å²) in [4.78, 5) is 26.4. The van der Waals surface area contributed by atoms with Crippen LogP contribution in [0.2, 0.25) is 0 Å². The maximum atomic E-state index is 12.8. The molecule has 26 heavy (non-hydrogen) atoms. The first kappa shape index (κ1) is 20.7. The molecule has 0 aliphatic carbocycles. The van der Waals surface area contributed by atoms with Crippen LogP contribution in [-0.2, 0) is 14.3 Å². The number of carbonyl (C=O) groups is 2. The maximum Gasteiger partial charge on any atom is 0.228 e. The van der Waals surface area contributed by atoms with Crippen molar-refractivity contribution >= 4 is 29.9 Å². The van der Waals surface area contributed by atoms with E-state index in [4.69, 9.17) is 10.5 Å². The lowest BCUT2D eigenvalue weighted by Gasteiger charge is -2.35. The summed E-state index contributed by atoms with van der Waals surface area (Å²) >= 11 is 0. The van der Waals surface area contributed by atoms with E-state index >= 15 is 0 Å². The predicted molar refractivity (Wildman–Crippen MR) is 103 cm³/mol. The largest absolute Gasteiger partial charge is 0.381 e. The predicted octanol–water partition coefficient (Wildman–Crippen LogP) is 2.17. The second kappa shape index (κ2) is 8.84. The minimum atomic E-state index is -0.519. The molecule has 2 fully saturated rings. The Hall–Kier alpha value is -1.63. The van der Waals surface area contributed by atoms with Gasteiger partial charge in [0.1, 0.15) is 0 Å². The molecule has 1 unspecified atom stereocenters. The summed E-state index contributed by atoms with van der Waals surface area (Å²) < 4.78 is 5.37. The first-order valence-electron chi connectivity index (χ1n) is 9.05. The van der Waals surface area contributed by atoms with Crippen LogP contribution in [0.3, 0.4) is 0 Å². The fourth-order valence-corrected chi connectivity index (χ4v) is 3.58. The summed E-state index contributed by atoms with van der Waals surface area (Å²) in [6.07, 6.45) is 2.87. The minimum absolute atomic E-state index is 0. The summed E-state index contributed by atoms with van der Waals surface area (Å²) in [5.74, 6) is 0.183. The number of hydrogen-bond acceptors (Lipinski definition) is 4. The molecule has 1 aromatic carbocycles. The normalized spacial score (nSPS) is 20.4. The quantitative estimate of drug-likeness (QED) is 0.818.